The molecule has 0 radical (unpaired) electrons. The van der Waals surface area contributed by atoms with Gasteiger partial charge in [0.2, 0.25) is 11.8 Å². The summed E-state index contributed by atoms with van der Waals surface area (Å²) in [5.41, 5.74) is 0.263. The van der Waals surface area contributed by atoms with Crippen molar-refractivity contribution in [3.63, 3.8) is 0 Å². The molecule has 37 heavy (non-hydrogen) atoms. The van der Waals surface area contributed by atoms with Gasteiger partial charge in [-0.1, -0.05) is 6.07 Å². The van der Waals surface area contributed by atoms with Gasteiger partial charge in [-0.25, -0.2) is 4.39 Å². The molecular weight excluding hydrogens is 485 g/mol. The van der Waals surface area contributed by atoms with Crippen LogP contribution in [0.3, 0.4) is 0 Å². The van der Waals surface area contributed by atoms with E-state index in [4.69, 9.17) is 9.84 Å². The summed E-state index contributed by atoms with van der Waals surface area (Å²) in [6, 6.07) is 4.52. The fourth-order valence-corrected chi connectivity index (χ4v) is 4.65. The van der Waals surface area contributed by atoms with E-state index in [-0.39, 0.29) is 56.5 Å². The number of carbonyl (C=O) groups is 2. The number of nitrogens with zero attached hydrogens (tertiary/aromatic N) is 1. The van der Waals surface area contributed by atoms with Crippen LogP contribution in [0.4, 0.5) is 4.39 Å². The normalized spacial score (nSPS) is 19.1. The molecule has 0 aliphatic carbocycles. The topological polar surface area (TPSA) is 152 Å². The molecule has 2 heterocycles. The van der Waals surface area contributed by atoms with E-state index in [9.17, 15) is 29.3 Å². The lowest BCUT2D eigenvalue weighted by Gasteiger charge is -2.38. The third-order valence-corrected chi connectivity index (χ3v) is 7.15. The van der Waals surface area contributed by atoms with Gasteiger partial charge in [0.15, 0.2) is 0 Å². The molecule has 11 heteroatoms. The third kappa shape index (κ3) is 8.89. The van der Waals surface area contributed by atoms with E-state index >= 15 is 0 Å². The van der Waals surface area contributed by atoms with Crippen LogP contribution in [-0.2, 0) is 16.0 Å². The molecule has 2 saturated heterocycles. The minimum atomic E-state index is -1.50. The number of aliphatic hydroxyl groups excluding tert-OH is 4. The maximum Gasteiger partial charge on any atom is 0.227 e. The maximum absolute atomic E-state index is 14.5. The second kappa shape index (κ2) is 14.6. The van der Waals surface area contributed by atoms with E-state index in [0.29, 0.717) is 12.4 Å². The van der Waals surface area contributed by atoms with Crippen LogP contribution in [0.15, 0.2) is 18.2 Å². The van der Waals surface area contributed by atoms with Crippen molar-refractivity contribution in [2.24, 2.45) is 11.8 Å². The van der Waals surface area contributed by atoms with Crippen LogP contribution < -0.4 is 15.4 Å². The Labute approximate surface area is 216 Å². The highest BCUT2D eigenvalue weighted by Crippen LogP contribution is 2.22. The zero-order valence-electron chi connectivity index (χ0n) is 21.1. The highest BCUT2D eigenvalue weighted by atomic mass is 19.1. The Morgan fingerprint density at radius 2 is 1.89 bits per heavy atom. The Bertz CT molecular complexity index is 878. The lowest BCUT2D eigenvalue weighted by molar-refractivity contribution is -0.143. The van der Waals surface area contributed by atoms with Gasteiger partial charge in [0, 0.05) is 32.3 Å². The SMILES string of the molecule is O=C(NC[C@H](O)[C@@H](O)[C@H](O)CCO)C1CN(C(=O)Cc2ccc(OCCCC3CCNCC3)cc2F)C1. The number of likely N-dealkylation sites (tertiary alicyclic amines) is 1. The van der Waals surface area contributed by atoms with Gasteiger partial charge in [-0.05, 0) is 62.7 Å². The van der Waals surface area contributed by atoms with Crippen molar-refractivity contribution in [2.75, 3.05) is 45.9 Å². The molecule has 6 N–H and O–H groups in total. The van der Waals surface area contributed by atoms with Crippen molar-refractivity contribution < 1.29 is 39.1 Å². The zero-order valence-corrected chi connectivity index (χ0v) is 21.1. The average molecular weight is 526 g/mol. The number of piperidine rings is 1. The summed E-state index contributed by atoms with van der Waals surface area (Å²) in [5, 5.41) is 43.9. The summed E-state index contributed by atoms with van der Waals surface area (Å²) < 4.78 is 20.2. The van der Waals surface area contributed by atoms with Crippen LogP contribution >= 0.6 is 0 Å². The van der Waals surface area contributed by atoms with Gasteiger partial charge >= 0.3 is 0 Å². The number of rotatable bonds is 14. The average Bonchev–Trinajstić information content (AvgIpc) is 2.86. The molecule has 2 amide bonds. The largest absolute Gasteiger partial charge is 0.493 e. The first-order chi connectivity index (χ1) is 17.8. The van der Waals surface area contributed by atoms with Gasteiger partial charge < -0.3 is 40.7 Å². The molecule has 2 aliphatic rings. The first-order valence-electron chi connectivity index (χ1n) is 13.1. The van der Waals surface area contributed by atoms with E-state index in [2.05, 4.69) is 10.6 Å². The van der Waals surface area contributed by atoms with Gasteiger partial charge in [-0.2, -0.15) is 0 Å². The molecule has 2 fully saturated rings. The van der Waals surface area contributed by atoms with Crippen LogP contribution in [0.5, 0.6) is 5.75 Å². The van der Waals surface area contributed by atoms with Crippen LogP contribution in [0.25, 0.3) is 0 Å². The minimum absolute atomic E-state index is 0.0964. The van der Waals surface area contributed by atoms with E-state index in [1.165, 1.54) is 23.8 Å². The molecule has 0 bridgehead atoms. The zero-order chi connectivity index (χ0) is 26.8. The molecule has 0 saturated carbocycles. The highest BCUT2D eigenvalue weighted by molar-refractivity contribution is 5.85. The quantitative estimate of drug-likeness (QED) is 0.179. The number of hydrogen-bond acceptors (Lipinski definition) is 8. The third-order valence-electron chi connectivity index (χ3n) is 7.15. The van der Waals surface area contributed by atoms with Crippen molar-refractivity contribution >= 4 is 11.8 Å². The van der Waals surface area contributed by atoms with Crippen molar-refractivity contribution in [1.29, 1.82) is 0 Å². The Balaban J connectivity index is 1.34. The smallest absolute Gasteiger partial charge is 0.227 e. The molecule has 0 unspecified atom stereocenters. The summed E-state index contributed by atoms with van der Waals surface area (Å²) in [7, 11) is 0. The van der Waals surface area contributed by atoms with Gasteiger partial charge in [0.05, 0.1) is 31.2 Å². The Morgan fingerprint density at radius 1 is 1.16 bits per heavy atom. The predicted octanol–water partition coefficient (Wildman–Crippen LogP) is -0.433. The van der Waals surface area contributed by atoms with Gasteiger partial charge in [-0.3, -0.25) is 9.59 Å². The number of ether oxygens (including phenoxy) is 1. The summed E-state index contributed by atoms with van der Waals surface area (Å²) in [4.78, 5) is 26.2. The Hall–Kier alpha value is -2.31. The maximum atomic E-state index is 14.5. The number of aliphatic hydroxyl groups is 4. The fraction of sp³-hybridized carbons (Fsp3) is 0.692. The predicted molar refractivity (Wildman–Crippen MR) is 133 cm³/mol. The van der Waals surface area contributed by atoms with Crippen LogP contribution in [-0.4, -0.2) is 101 Å². The summed E-state index contributed by atoms with van der Waals surface area (Å²) in [6.45, 7) is 2.39. The molecule has 1 aromatic rings. The molecule has 0 aromatic heterocycles. The lowest BCUT2D eigenvalue weighted by atomic mass is 9.93. The molecule has 10 nitrogen and oxygen atoms in total. The van der Waals surface area contributed by atoms with Gasteiger partial charge in [0.1, 0.15) is 17.7 Å². The van der Waals surface area contributed by atoms with Crippen LogP contribution in [0.2, 0.25) is 0 Å². The second-order valence-electron chi connectivity index (χ2n) is 9.99. The van der Waals surface area contributed by atoms with Crippen molar-refractivity contribution in [2.45, 2.75) is 56.8 Å². The molecular formula is C26H40FN3O7. The number of benzene rings is 1. The number of amides is 2. The number of nitrogens with one attached hydrogen (secondary N) is 2. The van der Waals surface area contributed by atoms with Crippen LogP contribution in [0.1, 0.15) is 37.7 Å². The fourth-order valence-electron chi connectivity index (χ4n) is 4.65. The summed E-state index contributed by atoms with van der Waals surface area (Å²) in [6.07, 6.45) is -0.0351. The molecule has 3 atom stereocenters. The first kappa shape index (κ1) is 29.2. The Morgan fingerprint density at radius 3 is 2.57 bits per heavy atom. The van der Waals surface area contributed by atoms with Crippen LogP contribution in [0, 0.1) is 17.7 Å². The number of carbonyl (C=O) groups excluding carboxylic acids is 2. The highest BCUT2D eigenvalue weighted by Gasteiger charge is 2.36. The first-order valence-corrected chi connectivity index (χ1v) is 13.1. The lowest BCUT2D eigenvalue weighted by Crippen LogP contribution is -2.57. The van der Waals surface area contributed by atoms with E-state index in [1.54, 1.807) is 12.1 Å². The van der Waals surface area contributed by atoms with Crippen molar-refractivity contribution in [1.82, 2.24) is 15.5 Å². The molecule has 1 aromatic carbocycles. The van der Waals surface area contributed by atoms with Crippen molar-refractivity contribution in [3.8, 4) is 5.75 Å². The molecule has 3 rings (SSSR count). The van der Waals surface area contributed by atoms with E-state index in [0.717, 1.165) is 31.8 Å². The van der Waals surface area contributed by atoms with Crippen molar-refractivity contribution in [3.05, 3.63) is 29.6 Å². The van der Waals surface area contributed by atoms with Gasteiger partial charge in [-0.15, -0.1) is 0 Å². The number of halogens is 1. The molecule has 0 spiro atoms. The standard InChI is InChI=1S/C26H40FN3O7/c27-21-13-20(37-11-1-2-17-5-8-28-9-6-17)4-3-18(21)12-24(34)30-15-19(16-30)26(36)29-14-23(33)25(35)22(32)7-10-31/h3-4,13,17,19,22-23,25,28,31-33,35H,1-2,5-12,14-16H2,(H,29,36)/t22-,23+,25+/m1/s1. The minimum Gasteiger partial charge on any atom is -0.493 e. The second-order valence-corrected chi connectivity index (χ2v) is 9.99. The van der Waals surface area contributed by atoms with E-state index in [1.807, 2.05) is 0 Å². The summed E-state index contributed by atoms with van der Waals surface area (Å²) >= 11 is 0. The van der Waals surface area contributed by atoms with Gasteiger partial charge in [0.25, 0.3) is 0 Å². The monoisotopic (exact) mass is 525 g/mol. The Kier molecular flexibility index (Phi) is 11.5. The summed E-state index contributed by atoms with van der Waals surface area (Å²) in [5.74, 6) is -0.494. The number of hydrogen-bond donors (Lipinski definition) is 6. The molecule has 208 valence electrons. The van der Waals surface area contributed by atoms with E-state index < -0.39 is 30.0 Å². The molecule has 2 aliphatic heterocycles.